The van der Waals surface area contributed by atoms with Crippen LogP contribution in [0.3, 0.4) is 0 Å². The third kappa shape index (κ3) is 2.28. The highest BCUT2D eigenvalue weighted by atomic mass is 19.1. The van der Waals surface area contributed by atoms with Gasteiger partial charge in [-0.3, -0.25) is 0 Å². The minimum absolute atomic E-state index is 0.0558. The van der Waals surface area contributed by atoms with Gasteiger partial charge in [-0.2, -0.15) is 0 Å². The molecule has 1 aromatic rings. The summed E-state index contributed by atoms with van der Waals surface area (Å²) in [5.41, 5.74) is 5.17. The topological polar surface area (TPSA) is 77.1 Å². The van der Waals surface area contributed by atoms with Gasteiger partial charge in [0.05, 0.1) is 13.2 Å². The largest absolute Gasteiger partial charge is 0.479 e. The quantitative estimate of drug-likeness (QED) is 0.357. The number of hydrogen-bond acceptors (Lipinski definition) is 4. The van der Waals surface area contributed by atoms with Crippen molar-refractivity contribution in [1.29, 1.82) is 0 Å². The number of oxime groups is 1. The lowest BCUT2D eigenvalue weighted by atomic mass is 10.2. The molecule has 0 amide bonds. The predicted molar refractivity (Wildman–Crippen MR) is 54.1 cm³/mol. The molecule has 5 nitrogen and oxygen atoms in total. The highest BCUT2D eigenvalue weighted by Gasteiger charge is 2.24. The smallest absolute Gasteiger partial charge is 0.191 e. The second kappa shape index (κ2) is 4.54. The maximum atomic E-state index is 13.5. The van der Waals surface area contributed by atoms with Gasteiger partial charge < -0.3 is 20.4 Å². The summed E-state index contributed by atoms with van der Waals surface area (Å²) >= 11 is 0. The standard InChI is InChI=1S/C10H10F2N2O3/c11-7-1-5(10(13)14-15)2-8(12)9(7)17-6-3-16-4-6/h1-2,6,15H,3-4H2,(H2,13,14). The van der Waals surface area contributed by atoms with Crippen molar-refractivity contribution in [2.24, 2.45) is 10.9 Å². The first-order chi connectivity index (χ1) is 8.11. The Hall–Kier alpha value is -1.89. The van der Waals surface area contributed by atoms with Crippen LogP contribution in [0.15, 0.2) is 17.3 Å². The molecule has 0 aliphatic carbocycles. The average Bonchev–Trinajstić information content (AvgIpc) is 2.24. The van der Waals surface area contributed by atoms with Crippen LogP contribution in [0.2, 0.25) is 0 Å². The SMILES string of the molecule is N/C(=N/O)c1cc(F)c(OC2COC2)c(F)c1. The Morgan fingerprint density at radius 1 is 1.41 bits per heavy atom. The number of rotatable bonds is 3. The number of ether oxygens (including phenoxy) is 2. The highest BCUT2D eigenvalue weighted by Crippen LogP contribution is 2.25. The van der Waals surface area contributed by atoms with Crippen LogP contribution in [0.5, 0.6) is 5.75 Å². The van der Waals surface area contributed by atoms with E-state index in [9.17, 15) is 8.78 Å². The molecule has 3 N–H and O–H groups in total. The minimum atomic E-state index is -0.904. The fraction of sp³-hybridized carbons (Fsp3) is 0.300. The summed E-state index contributed by atoms with van der Waals surface area (Å²) in [6.07, 6.45) is -0.339. The Balaban J connectivity index is 2.28. The lowest BCUT2D eigenvalue weighted by molar-refractivity contribution is -0.0821. The predicted octanol–water partition coefficient (Wildman–Crippen LogP) is 0.837. The first kappa shape index (κ1) is 11.6. The molecule has 0 saturated carbocycles. The summed E-state index contributed by atoms with van der Waals surface area (Å²) in [6.45, 7) is 0.613. The maximum Gasteiger partial charge on any atom is 0.191 e. The lowest BCUT2D eigenvalue weighted by Gasteiger charge is -2.27. The van der Waals surface area contributed by atoms with Crippen LogP contribution in [0.25, 0.3) is 0 Å². The van der Waals surface area contributed by atoms with Crippen molar-refractivity contribution in [3.8, 4) is 5.75 Å². The summed E-state index contributed by atoms with van der Waals surface area (Å²) in [5, 5.41) is 11.1. The third-order valence-corrected chi connectivity index (χ3v) is 2.29. The van der Waals surface area contributed by atoms with Crippen molar-refractivity contribution >= 4 is 5.84 Å². The van der Waals surface area contributed by atoms with E-state index in [1.165, 1.54) is 0 Å². The molecule has 1 heterocycles. The van der Waals surface area contributed by atoms with E-state index in [1.807, 2.05) is 0 Å². The molecule has 1 fully saturated rings. The van der Waals surface area contributed by atoms with E-state index in [0.29, 0.717) is 13.2 Å². The summed E-state index contributed by atoms with van der Waals surface area (Å²) in [7, 11) is 0. The second-order valence-corrected chi connectivity index (χ2v) is 3.53. The first-order valence-corrected chi connectivity index (χ1v) is 4.83. The molecule has 0 aromatic heterocycles. The highest BCUT2D eigenvalue weighted by molar-refractivity contribution is 5.97. The molecule has 2 rings (SSSR count). The Kier molecular flexibility index (Phi) is 3.10. The molecule has 1 aliphatic rings. The van der Waals surface area contributed by atoms with Crippen molar-refractivity contribution in [2.75, 3.05) is 13.2 Å². The molecule has 0 unspecified atom stereocenters. The van der Waals surface area contributed by atoms with Crippen molar-refractivity contribution in [3.63, 3.8) is 0 Å². The van der Waals surface area contributed by atoms with E-state index in [1.54, 1.807) is 0 Å². The van der Waals surface area contributed by atoms with E-state index in [2.05, 4.69) is 5.16 Å². The normalized spacial score (nSPS) is 16.7. The average molecular weight is 244 g/mol. The van der Waals surface area contributed by atoms with Crippen LogP contribution in [-0.4, -0.2) is 30.4 Å². The van der Waals surface area contributed by atoms with E-state index in [4.69, 9.17) is 20.4 Å². The zero-order chi connectivity index (χ0) is 12.4. The number of halogens is 2. The fourth-order valence-electron chi connectivity index (χ4n) is 1.33. The van der Waals surface area contributed by atoms with Crippen molar-refractivity contribution in [2.45, 2.75) is 6.10 Å². The monoisotopic (exact) mass is 244 g/mol. The first-order valence-electron chi connectivity index (χ1n) is 4.83. The molecule has 1 aliphatic heterocycles. The van der Waals surface area contributed by atoms with E-state index < -0.39 is 17.4 Å². The lowest BCUT2D eigenvalue weighted by Crippen LogP contribution is -2.39. The van der Waals surface area contributed by atoms with Crippen molar-refractivity contribution in [3.05, 3.63) is 29.3 Å². The van der Waals surface area contributed by atoms with Gasteiger partial charge in [-0.05, 0) is 12.1 Å². The Labute approximate surface area is 95.4 Å². The molecule has 0 atom stereocenters. The molecular formula is C10H10F2N2O3. The molecule has 0 bridgehead atoms. The van der Waals surface area contributed by atoms with Crippen LogP contribution in [0, 0.1) is 11.6 Å². The van der Waals surface area contributed by atoms with Gasteiger partial charge in [0.25, 0.3) is 0 Å². The van der Waals surface area contributed by atoms with Crippen molar-refractivity contribution in [1.82, 2.24) is 0 Å². The van der Waals surface area contributed by atoms with Gasteiger partial charge >= 0.3 is 0 Å². The van der Waals surface area contributed by atoms with Crippen LogP contribution < -0.4 is 10.5 Å². The van der Waals surface area contributed by atoms with Crippen LogP contribution in [0.4, 0.5) is 8.78 Å². The summed E-state index contributed by atoms with van der Waals surface area (Å²) in [5.74, 6) is -2.66. The third-order valence-electron chi connectivity index (χ3n) is 2.29. The molecule has 0 spiro atoms. The number of hydrogen-bond donors (Lipinski definition) is 2. The minimum Gasteiger partial charge on any atom is -0.479 e. The maximum absolute atomic E-state index is 13.5. The van der Waals surface area contributed by atoms with Crippen molar-refractivity contribution < 1.29 is 23.5 Å². The summed E-state index contributed by atoms with van der Waals surface area (Å²) in [4.78, 5) is 0. The van der Waals surface area contributed by atoms with Gasteiger partial charge in [-0.1, -0.05) is 5.16 Å². The second-order valence-electron chi connectivity index (χ2n) is 3.53. The van der Waals surface area contributed by atoms with E-state index >= 15 is 0 Å². The Morgan fingerprint density at radius 3 is 2.41 bits per heavy atom. The van der Waals surface area contributed by atoms with Gasteiger partial charge in [0.1, 0.15) is 6.10 Å². The van der Waals surface area contributed by atoms with Crippen LogP contribution >= 0.6 is 0 Å². The summed E-state index contributed by atoms with van der Waals surface area (Å²) < 4.78 is 36.9. The molecule has 17 heavy (non-hydrogen) atoms. The molecule has 92 valence electrons. The van der Waals surface area contributed by atoms with Gasteiger partial charge in [0, 0.05) is 5.56 Å². The molecule has 0 radical (unpaired) electrons. The van der Waals surface area contributed by atoms with Gasteiger partial charge in [-0.15, -0.1) is 0 Å². The van der Waals surface area contributed by atoms with Crippen LogP contribution in [-0.2, 0) is 4.74 Å². The zero-order valence-electron chi connectivity index (χ0n) is 8.69. The van der Waals surface area contributed by atoms with E-state index in [-0.39, 0.29) is 17.5 Å². The number of benzene rings is 1. The molecule has 7 heteroatoms. The van der Waals surface area contributed by atoms with Gasteiger partial charge in [-0.25, -0.2) is 8.78 Å². The number of amidine groups is 1. The van der Waals surface area contributed by atoms with E-state index in [0.717, 1.165) is 12.1 Å². The fourth-order valence-corrected chi connectivity index (χ4v) is 1.33. The van der Waals surface area contributed by atoms with Gasteiger partial charge in [0.2, 0.25) is 0 Å². The number of nitrogens with zero attached hydrogens (tertiary/aromatic N) is 1. The Bertz CT molecular complexity index is 438. The number of nitrogens with two attached hydrogens (primary N) is 1. The Morgan fingerprint density at radius 2 is 2.00 bits per heavy atom. The van der Waals surface area contributed by atoms with Crippen LogP contribution in [0.1, 0.15) is 5.56 Å². The molecule has 1 saturated heterocycles. The molecule has 1 aromatic carbocycles. The zero-order valence-corrected chi connectivity index (χ0v) is 8.69. The summed E-state index contributed by atoms with van der Waals surface area (Å²) in [6, 6.07) is 1.87. The van der Waals surface area contributed by atoms with Gasteiger partial charge in [0.15, 0.2) is 23.2 Å². The molecular weight excluding hydrogens is 234 g/mol.